The summed E-state index contributed by atoms with van der Waals surface area (Å²) < 4.78 is 249. The zero-order chi connectivity index (χ0) is 80.3. The molecule has 0 fully saturated rings. The van der Waals surface area contributed by atoms with Gasteiger partial charge < -0.3 is 13.9 Å². The van der Waals surface area contributed by atoms with E-state index in [-0.39, 0.29) is 88.2 Å². The van der Waals surface area contributed by atoms with E-state index in [0.717, 1.165) is 21.9 Å². The summed E-state index contributed by atoms with van der Waals surface area (Å²) in [4.78, 5) is 4.83. The van der Waals surface area contributed by atoms with Gasteiger partial charge in [-0.1, -0.05) is 259 Å². The van der Waals surface area contributed by atoms with Crippen LogP contribution in [0.25, 0.3) is 83.4 Å². The van der Waals surface area contributed by atoms with Crippen molar-refractivity contribution >= 4 is 61.7 Å². The molecule has 426 valence electrons. The first-order valence-electron chi connectivity index (χ1n) is 40.0. The molecule has 3 heterocycles. The van der Waals surface area contributed by atoms with Gasteiger partial charge in [0.25, 0.3) is 6.33 Å². The molecule has 87 heavy (non-hydrogen) atoms. The van der Waals surface area contributed by atoms with Crippen LogP contribution in [0.4, 0.5) is 0 Å². The van der Waals surface area contributed by atoms with Crippen LogP contribution in [0.5, 0.6) is 11.5 Å². The van der Waals surface area contributed by atoms with Crippen LogP contribution >= 0.6 is 0 Å². The van der Waals surface area contributed by atoms with E-state index in [9.17, 15) is 21.9 Å². The topological polar surface area (TPSA) is 35.9 Å². The summed E-state index contributed by atoms with van der Waals surface area (Å²) in [5, 5.41) is -1.57. The van der Waals surface area contributed by atoms with Crippen LogP contribution in [0.1, 0.15) is 86.9 Å². The summed E-state index contributed by atoms with van der Waals surface area (Å²) in [7, 11) is -6.42. The number of ether oxygens (including phenoxy) is 1. The molecule has 0 saturated heterocycles. The number of hydrogen-bond donors (Lipinski definition) is 0. The fraction of sp³-hybridized carbons (Fsp3) is 0.100. The van der Waals surface area contributed by atoms with Crippen molar-refractivity contribution in [1.29, 1.82) is 0 Å². The third-order valence-corrected chi connectivity index (χ3v) is 19.4. The molecule has 14 aromatic rings. The van der Waals surface area contributed by atoms with Gasteiger partial charge in [0, 0.05) is 44.3 Å². The van der Waals surface area contributed by atoms with Gasteiger partial charge in [0.05, 0.1) is 51.0 Å². The molecular formula is C80H64N4OPtSi-2. The number of pyridine rings is 1. The minimum Gasteiger partial charge on any atom is -0.510 e. The number of imidazole rings is 1. The Morgan fingerprint density at radius 1 is 0.483 bits per heavy atom. The summed E-state index contributed by atoms with van der Waals surface area (Å²) in [5.41, 5.74) is 1.04. The van der Waals surface area contributed by atoms with Crippen molar-refractivity contribution in [2.24, 2.45) is 0 Å². The van der Waals surface area contributed by atoms with Crippen LogP contribution < -0.4 is 30.1 Å². The van der Waals surface area contributed by atoms with E-state index < -0.39 is 191 Å². The molecule has 0 aliphatic heterocycles. The molecule has 0 amide bonds. The fourth-order valence-corrected chi connectivity index (χ4v) is 15.1. The van der Waals surface area contributed by atoms with Crippen LogP contribution in [0, 0.1) is 18.5 Å². The maximum Gasteiger partial charge on any atom is 0.268 e. The Morgan fingerprint density at radius 3 is 1.71 bits per heavy atom. The molecule has 0 atom stereocenters. The normalized spacial score (nSPS) is 16.0. The Morgan fingerprint density at radius 2 is 1.07 bits per heavy atom. The number of benzene rings is 11. The van der Waals surface area contributed by atoms with Crippen molar-refractivity contribution in [3.63, 3.8) is 0 Å². The number of rotatable bonds is 12. The average Bonchev–Trinajstić information content (AvgIpc) is 0.936. The molecule has 7 heteroatoms. The maximum absolute atomic E-state index is 10.3. The molecule has 0 radical (unpaired) electrons. The minimum absolute atomic E-state index is 0. The smallest absolute Gasteiger partial charge is 0.268 e. The molecule has 0 aliphatic rings. The van der Waals surface area contributed by atoms with E-state index in [0.29, 0.717) is 16.9 Å². The van der Waals surface area contributed by atoms with Crippen LogP contribution in [-0.4, -0.2) is 22.2 Å². The van der Waals surface area contributed by atoms with Crippen LogP contribution in [0.2, 0.25) is 0 Å². The van der Waals surface area contributed by atoms with E-state index in [1.807, 2.05) is 73.9 Å². The van der Waals surface area contributed by atoms with E-state index in [2.05, 4.69) is 39.2 Å². The molecular weight excluding hydrogens is 1260 g/mol. The molecule has 0 bridgehead atoms. The van der Waals surface area contributed by atoms with Crippen molar-refractivity contribution in [2.75, 3.05) is 0 Å². The Balaban J connectivity index is 0.0000110. The molecule has 3 aromatic heterocycles. The molecule has 5 nitrogen and oxygen atoms in total. The predicted molar refractivity (Wildman–Crippen MR) is 357 cm³/mol. The van der Waals surface area contributed by atoms with E-state index >= 15 is 0 Å². The molecule has 0 spiro atoms. The fourth-order valence-electron chi connectivity index (χ4n) is 11.1. The summed E-state index contributed by atoms with van der Waals surface area (Å²) in [6.45, 7) is 12.0. The summed E-state index contributed by atoms with van der Waals surface area (Å²) in [6.07, 6.45) is 5.20. The number of aromatic nitrogens is 4. The van der Waals surface area contributed by atoms with E-state index in [1.54, 1.807) is 48.7 Å². The van der Waals surface area contributed by atoms with Crippen molar-refractivity contribution in [3.8, 4) is 62.1 Å². The second-order valence-electron chi connectivity index (χ2n) is 22.6. The largest absolute Gasteiger partial charge is 0.510 e. The van der Waals surface area contributed by atoms with Gasteiger partial charge in [0.15, 0.2) is 8.07 Å². The molecule has 14 rings (SSSR count). The second kappa shape index (κ2) is 23.1. The standard InChI is InChI=1S/C80H64N4OSi.Pt/c1-79(2,3)61-31-24-30-59(48-61)71-49-60(57-28-14-8-15-29-57)51-76(86(66-34-16-9-17-35-66,67-36-18-10-19-37-67)68-38-20-11-21-39-68)78(71)83-55-82(75-50-58(42-45-73(75)83)56-26-12-7-13-27-56)63-32-25-33-64(53-63)85-65-43-44-70-69-40-22-23-41-72(69)84(74(70)54-65)77-52-62(46-47-81-77)80(4,5)6;/h7-52H,1-6H3;/q-2;/i7D,8D,9D,10D,11D,12D,13D,14D,15D,16D,17D,18D,19D,20D,21D,26D,27D,28D,29D,34D,35D,36D,37D,38D,39D;. The number of para-hydroxylation sites is 1. The molecule has 0 aliphatic carbocycles. The van der Waals surface area contributed by atoms with Gasteiger partial charge >= 0.3 is 0 Å². The average molecular weight is 1350 g/mol. The number of hydrogen-bond acceptors (Lipinski definition) is 2. The van der Waals surface area contributed by atoms with Gasteiger partial charge in [-0.15, -0.1) is 29.7 Å². The molecule has 0 saturated carbocycles. The van der Waals surface area contributed by atoms with Gasteiger partial charge in [-0.2, -0.15) is 18.2 Å². The first kappa shape index (κ1) is 34.6. The van der Waals surface area contributed by atoms with Crippen LogP contribution in [0.3, 0.4) is 0 Å². The van der Waals surface area contributed by atoms with Crippen molar-refractivity contribution in [2.45, 2.75) is 52.4 Å². The Kier molecular flexibility index (Phi) is 9.19. The van der Waals surface area contributed by atoms with Crippen LogP contribution in [0.15, 0.2) is 279 Å². The van der Waals surface area contributed by atoms with Crippen LogP contribution in [-0.2, 0) is 31.9 Å². The molecule has 11 aromatic carbocycles. The third-order valence-electron chi connectivity index (χ3n) is 15.2. The van der Waals surface area contributed by atoms with Gasteiger partial charge in [-0.25, -0.2) is 4.98 Å². The number of nitrogens with zero attached hydrogens (tertiary/aromatic N) is 4. The van der Waals surface area contributed by atoms with Crippen molar-refractivity contribution in [1.82, 2.24) is 14.1 Å². The summed E-state index contributed by atoms with van der Waals surface area (Å²) in [6, 6.07) is 17.3. The Hall–Kier alpha value is -9.45. The van der Waals surface area contributed by atoms with Gasteiger partial charge in [-0.05, 0) is 117 Å². The SMILES string of the molecule is [2H]c1c([2H])c([2H])c(-c2cc(-c3cccc(C(C)(C)C)c3)c(-[n+]3[c-]n(-c4[c-]c(Oc5[c-]c6c(cc5)c5ccccc5n6-c5cc(C(C)(C)C)ccn5)ccc4)c4cc(-c5c([2H])c([2H])c([2H])c([2H])c5[2H])ccc43)c([Si](c3c([2H])c([2H])c([2H])c([2H])c3[2H])(c3c([2H])c([2H])c([2H])c([2H])c3[2H])c3c([2H])c([2H])c([2H])c([2H])c3[2H])c2)c([2H])c1[2H].[Pt]. The van der Waals surface area contributed by atoms with Gasteiger partial charge in [-0.3, -0.25) is 4.57 Å². The zero-order valence-electron chi connectivity index (χ0n) is 72.6. The molecule has 0 N–H and O–H groups in total. The number of fused-ring (bicyclic) bond motifs is 4. The Labute approximate surface area is 560 Å². The summed E-state index contributed by atoms with van der Waals surface area (Å²) in [5.74, 6) is 0.904. The van der Waals surface area contributed by atoms with E-state index in [4.69, 9.17) is 22.1 Å². The third kappa shape index (κ3) is 10.5. The van der Waals surface area contributed by atoms with Crippen molar-refractivity contribution in [3.05, 3.63) is 308 Å². The zero-order valence-corrected chi connectivity index (χ0v) is 50.9. The monoisotopic (exact) mass is 1340 g/mol. The van der Waals surface area contributed by atoms with E-state index in [1.165, 1.54) is 39.5 Å². The van der Waals surface area contributed by atoms with Gasteiger partial charge in [0.1, 0.15) is 5.82 Å². The first-order valence-corrected chi connectivity index (χ1v) is 29.5. The summed E-state index contributed by atoms with van der Waals surface area (Å²) >= 11 is 0. The Bertz CT molecular complexity index is 6070. The predicted octanol–water partition coefficient (Wildman–Crippen LogP) is 16.6. The second-order valence-corrected chi connectivity index (χ2v) is 26.1. The van der Waals surface area contributed by atoms with Gasteiger partial charge in [0.2, 0.25) is 0 Å². The minimum atomic E-state index is -6.42. The van der Waals surface area contributed by atoms with Crippen molar-refractivity contribution < 1.29 is 64.6 Å². The quantitative estimate of drug-likeness (QED) is 0.0529. The first-order chi connectivity index (χ1) is 52.2. The maximum atomic E-state index is 10.3. The molecule has 0 unspecified atom stereocenters.